The van der Waals surface area contributed by atoms with E-state index in [0.29, 0.717) is 5.13 Å². The first-order valence-corrected chi connectivity index (χ1v) is 5.57. The van der Waals surface area contributed by atoms with Gasteiger partial charge in [0.05, 0.1) is 16.9 Å². The minimum Gasteiger partial charge on any atom is -0.329 e. The fourth-order valence-electron chi connectivity index (χ4n) is 1.26. The Hall–Kier alpha value is -2.00. The summed E-state index contributed by atoms with van der Waals surface area (Å²) < 4.78 is 26.8. The van der Waals surface area contributed by atoms with Crippen LogP contribution in [-0.4, -0.2) is 4.98 Å². The fourth-order valence-corrected chi connectivity index (χ4v) is 1.96. The van der Waals surface area contributed by atoms with Crippen molar-refractivity contribution in [2.24, 2.45) is 0 Å². The van der Waals surface area contributed by atoms with Crippen LogP contribution < -0.4 is 5.32 Å². The molecule has 17 heavy (non-hydrogen) atoms. The number of hydrogen-bond donors (Lipinski definition) is 1. The zero-order valence-electron chi connectivity index (χ0n) is 8.79. The summed E-state index contributed by atoms with van der Waals surface area (Å²) in [5.74, 6) is -2.22. The Kier molecular flexibility index (Phi) is 3.02. The lowest BCUT2D eigenvalue weighted by molar-refractivity contribution is 0.509. The molecule has 3 nitrogen and oxygen atoms in total. The molecule has 1 aromatic carbocycles. The van der Waals surface area contributed by atoms with E-state index in [4.69, 9.17) is 5.26 Å². The molecule has 0 radical (unpaired) electrons. The molecule has 0 unspecified atom stereocenters. The first-order valence-electron chi connectivity index (χ1n) is 4.69. The number of benzene rings is 1. The second-order valence-corrected chi connectivity index (χ2v) is 4.18. The highest BCUT2D eigenvalue weighted by Gasteiger charge is 2.13. The van der Waals surface area contributed by atoms with E-state index in [0.717, 1.165) is 5.69 Å². The van der Waals surface area contributed by atoms with Crippen LogP contribution in [0.2, 0.25) is 0 Å². The minimum absolute atomic E-state index is 0.0316. The average molecular weight is 251 g/mol. The topological polar surface area (TPSA) is 48.7 Å². The predicted octanol–water partition coefficient (Wildman–Crippen LogP) is 3.35. The number of nitriles is 1. The van der Waals surface area contributed by atoms with Crippen LogP contribution >= 0.6 is 11.3 Å². The van der Waals surface area contributed by atoms with Gasteiger partial charge in [0.15, 0.2) is 16.8 Å². The molecule has 0 aliphatic heterocycles. The number of hydrogen-bond acceptors (Lipinski definition) is 4. The summed E-state index contributed by atoms with van der Waals surface area (Å²) in [6.07, 6.45) is 0. The highest BCUT2D eigenvalue weighted by atomic mass is 32.1. The molecule has 0 bridgehead atoms. The van der Waals surface area contributed by atoms with Crippen LogP contribution in [0.1, 0.15) is 11.3 Å². The van der Waals surface area contributed by atoms with Crippen LogP contribution in [0.25, 0.3) is 0 Å². The molecule has 0 saturated heterocycles. The van der Waals surface area contributed by atoms with Gasteiger partial charge in [0.2, 0.25) is 0 Å². The van der Waals surface area contributed by atoms with Gasteiger partial charge in [-0.1, -0.05) is 0 Å². The monoisotopic (exact) mass is 251 g/mol. The normalized spacial score (nSPS) is 10.0. The van der Waals surface area contributed by atoms with Crippen molar-refractivity contribution in [3.05, 3.63) is 40.4 Å². The van der Waals surface area contributed by atoms with Crippen LogP contribution in [0.5, 0.6) is 0 Å². The average Bonchev–Trinajstić information content (AvgIpc) is 2.71. The molecule has 0 spiro atoms. The smallest absolute Gasteiger partial charge is 0.187 e. The minimum atomic E-state index is -1.15. The van der Waals surface area contributed by atoms with Gasteiger partial charge in [-0.25, -0.2) is 13.8 Å². The molecule has 0 aliphatic rings. The van der Waals surface area contributed by atoms with E-state index in [1.807, 2.05) is 0 Å². The predicted molar refractivity (Wildman–Crippen MR) is 61.2 cm³/mol. The van der Waals surface area contributed by atoms with Crippen molar-refractivity contribution >= 4 is 22.2 Å². The van der Waals surface area contributed by atoms with Crippen molar-refractivity contribution in [1.82, 2.24) is 4.98 Å². The molecule has 0 fully saturated rings. The van der Waals surface area contributed by atoms with Gasteiger partial charge in [0, 0.05) is 5.38 Å². The number of aromatic nitrogens is 1. The van der Waals surface area contributed by atoms with Gasteiger partial charge in [-0.2, -0.15) is 5.26 Å². The summed E-state index contributed by atoms with van der Waals surface area (Å²) >= 11 is 1.29. The van der Waals surface area contributed by atoms with E-state index in [-0.39, 0.29) is 11.3 Å². The fraction of sp³-hybridized carbons (Fsp3) is 0.0909. The number of nitrogens with zero attached hydrogens (tertiary/aromatic N) is 2. The molecule has 0 amide bonds. The number of rotatable bonds is 2. The molecule has 6 heteroatoms. The Bertz CT molecular complexity index is 601. The Morgan fingerprint density at radius 3 is 2.71 bits per heavy atom. The van der Waals surface area contributed by atoms with Crippen LogP contribution in [0.4, 0.5) is 19.6 Å². The first kappa shape index (κ1) is 11.5. The van der Waals surface area contributed by atoms with E-state index in [1.54, 1.807) is 18.4 Å². The molecule has 86 valence electrons. The van der Waals surface area contributed by atoms with Gasteiger partial charge in [-0.3, -0.25) is 0 Å². The standard InChI is InChI=1S/C11H7F2N3S/c1-6-5-17-11(15-6)16-8-3-2-7(4-14)9(12)10(8)13/h2-3,5H,1H3,(H,15,16). The van der Waals surface area contributed by atoms with Crippen LogP contribution in [-0.2, 0) is 0 Å². The largest absolute Gasteiger partial charge is 0.329 e. The van der Waals surface area contributed by atoms with E-state index in [2.05, 4.69) is 10.3 Å². The van der Waals surface area contributed by atoms with Crippen molar-refractivity contribution in [2.75, 3.05) is 5.32 Å². The number of anilines is 2. The van der Waals surface area contributed by atoms with Gasteiger partial charge in [-0.05, 0) is 19.1 Å². The first-order chi connectivity index (χ1) is 8.11. The van der Waals surface area contributed by atoms with Crippen LogP contribution in [0.15, 0.2) is 17.5 Å². The summed E-state index contributed by atoms with van der Waals surface area (Å²) in [6.45, 7) is 1.80. The second kappa shape index (κ2) is 4.47. The maximum atomic E-state index is 13.5. The lowest BCUT2D eigenvalue weighted by Gasteiger charge is -2.05. The highest BCUT2D eigenvalue weighted by Crippen LogP contribution is 2.25. The number of thiazole rings is 1. The molecular formula is C11H7F2N3S. The number of aryl methyl sites for hydroxylation is 1. The van der Waals surface area contributed by atoms with Crippen molar-refractivity contribution in [3.8, 4) is 6.07 Å². The molecule has 1 heterocycles. The van der Waals surface area contributed by atoms with Crippen molar-refractivity contribution < 1.29 is 8.78 Å². The Labute approximate surface area is 100 Å². The molecule has 1 N–H and O–H groups in total. The second-order valence-electron chi connectivity index (χ2n) is 3.32. The zero-order chi connectivity index (χ0) is 12.4. The molecule has 0 aliphatic carbocycles. The van der Waals surface area contributed by atoms with Crippen LogP contribution in [0, 0.1) is 29.9 Å². The molecule has 0 saturated carbocycles. The molecule has 1 aromatic heterocycles. The lowest BCUT2D eigenvalue weighted by atomic mass is 10.2. The Morgan fingerprint density at radius 1 is 1.35 bits per heavy atom. The quantitative estimate of drug-likeness (QED) is 0.890. The van der Waals surface area contributed by atoms with Crippen molar-refractivity contribution in [2.45, 2.75) is 6.92 Å². The third kappa shape index (κ3) is 2.24. The summed E-state index contributed by atoms with van der Waals surface area (Å²) in [7, 11) is 0. The van der Waals surface area contributed by atoms with Gasteiger partial charge in [-0.15, -0.1) is 11.3 Å². The van der Waals surface area contributed by atoms with Gasteiger partial charge in [0.25, 0.3) is 0 Å². The third-order valence-corrected chi connectivity index (χ3v) is 2.94. The van der Waals surface area contributed by atoms with E-state index in [9.17, 15) is 8.78 Å². The van der Waals surface area contributed by atoms with E-state index < -0.39 is 11.6 Å². The van der Waals surface area contributed by atoms with Crippen molar-refractivity contribution in [3.63, 3.8) is 0 Å². The summed E-state index contributed by atoms with van der Waals surface area (Å²) in [6, 6.07) is 4.11. The molecule has 2 aromatic rings. The Morgan fingerprint density at radius 2 is 2.12 bits per heavy atom. The Balaban J connectivity index is 2.35. The van der Waals surface area contributed by atoms with Gasteiger partial charge in [0.1, 0.15) is 6.07 Å². The summed E-state index contributed by atoms with van der Waals surface area (Å²) in [5.41, 5.74) is 0.450. The molecule has 0 atom stereocenters. The number of halogens is 2. The summed E-state index contributed by atoms with van der Waals surface area (Å²) in [4.78, 5) is 4.07. The van der Waals surface area contributed by atoms with Crippen LogP contribution in [0.3, 0.4) is 0 Å². The molecule has 2 rings (SSSR count). The van der Waals surface area contributed by atoms with Gasteiger partial charge >= 0.3 is 0 Å². The molecular weight excluding hydrogens is 244 g/mol. The number of nitrogens with one attached hydrogen (secondary N) is 1. The lowest BCUT2D eigenvalue weighted by Crippen LogP contribution is -1.98. The summed E-state index contributed by atoms with van der Waals surface area (Å²) in [5, 5.41) is 13.5. The highest BCUT2D eigenvalue weighted by molar-refractivity contribution is 7.13. The SMILES string of the molecule is Cc1csc(Nc2ccc(C#N)c(F)c2F)n1. The van der Waals surface area contributed by atoms with E-state index in [1.165, 1.54) is 23.5 Å². The zero-order valence-corrected chi connectivity index (χ0v) is 9.61. The van der Waals surface area contributed by atoms with Crippen molar-refractivity contribution in [1.29, 1.82) is 5.26 Å². The third-order valence-electron chi connectivity index (χ3n) is 2.06. The maximum absolute atomic E-state index is 13.5. The maximum Gasteiger partial charge on any atom is 0.187 e. The van der Waals surface area contributed by atoms with E-state index >= 15 is 0 Å². The van der Waals surface area contributed by atoms with Gasteiger partial charge < -0.3 is 5.32 Å².